The summed E-state index contributed by atoms with van der Waals surface area (Å²) in [6.07, 6.45) is 6.20. The molecule has 3 aromatic heterocycles. The molecule has 0 saturated carbocycles. The molecule has 0 aliphatic carbocycles. The van der Waals surface area contributed by atoms with Crippen molar-refractivity contribution in [2.75, 3.05) is 0 Å². The van der Waals surface area contributed by atoms with Crippen LogP contribution in [0.2, 0.25) is 0 Å². The van der Waals surface area contributed by atoms with Crippen molar-refractivity contribution in [2.45, 2.75) is 26.5 Å². The van der Waals surface area contributed by atoms with Gasteiger partial charge in [-0.05, 0) is 29.7 Å². The topological polar surface area (TPSA) is 97.3 Å². The third-order valence-corrected chi connectivity index (χ3v) is 4.80. The van der Waals surface area contributed by atoms with Gasteiger partial charge >= 0.3 is 0 Å². The van der Waals surface area contributed by atoms with Crippen molar-refractivity contribution in [1.82, 2.24) is 29.5 Å². The number of para-hydroxylation sites is 1. The minimum atomic E-state index is -0.759. The summed E-state index contributed by atoms with van der Waals surface area (Å²) < 4.78 is 3.57. The molecule has 2 N–H and O–H groups in total. The van der Waals surface area contributed by atoms with Crippen molar-refractivity contribution >= 4 is 11.6 Å². The van der Waals surface area contributed by atoms with Gasteiger partial charge in [0.15, 0.2) is 11.5 Å². The van der Waals surface area contributed by atoms with Gasteiger partial charge in [-0.1, -0.05) is 32.0 Å². The van der Waals surface area contributed by atoms with Crippen molar-refractivity contribution in [2.24, 2.45) is 5.92 Å². The maximum atomic E-state index is 12.7. The van der Waals surface area contributed by atoms with E-state index in [1.165, 1.54) is 0 Å². The van der Waals surface area contributed by atoms with Crippen molar-refractivity contribution < 1.29 is 9.90 Å². The van der Waals surface area contributed by atoms with Gasteiger partial charge in [0.1, 0.15) is 6.10 Å². The standard InChI is InChI=1S/C21H22N6O2/c1-14(2)19(28)20-25-24-18-8-7-16(12-27(18)20)21(29)23-11-15-5-3-4-6-17(15)26-10-9-22-13-26/h3-10,12-14,19,28H,11H2,1-2H3,(H,23,29). The minimum Gasteiger partial charge on any atom is -0.385 e. The molecule has 1 atom stereocenters. The normalized spacial score (nSPS) is 12.4. The zero-order valence-corrected chi connectivity index (χ0v) is 16.2. The van der Waals surface area contributed by atoms with E-state index >= 15 is 0 Å². The fourth-order valence-corrected chi connectivity index (χ4v) is 3.13. The van der Waals surface area contributed by atoms with E-state index < -0.39 is 6.10 Å². The number of aliphatic hydroxyl groups excluding tert-OH is 1. The van der Waals surface area contributed by atoms with Gasteiger partial charge in [-0.25, -0.2) is 4.98 Å². The molecule has 148 valence electrons. The van der Waals surface area contributed by atoms with Crippen LogP contribution in [0, 0.1) is 5.92 Å². The predicted octanol–water partition coefficient (Wildman–Crippen LogP) is 2.53. The number of benzene rings is 1. The van der Waals surface area contributed by atoms with Crippen molar-refractivity contribution in [1.29, 1.82) is 0 Å². The number of nitrogens with zero attached hydrogens (tertiary/aromatic N) is 5. The maximum absolute atomic E-state index is 12.7. The second kappa shape index (κ2) is 7.84. The summed E-state index contributed by atoms with van der Waals surface area (Å²) in [5.41, 5.74) is 2.98. The Morgan fingerprint density at radius 1 is 1.17 bits per heavy atom. The van der Waals surface area contributed by atoms with Crippen molar-refractivity contribution in [3.8, 4) is 5.69 Å². The Morgan fingerprint density at radius 3 is 2.76 bits per heavy atom. The summed E-state index contributed by atoms with van der Waals surface area (Å²) in [6.45, 7) is 4.18. The molecule has 8 heteroatoms. The van der Waals surface area contributed by atoms with Crippen LogP contribution < -0.4 is 5.32 Å². The molecular formula is C21H22N6O2. The van der Waals surface area contributed by atoms with Gasteiger partial charge in [0.2, 0.25) is 0 Å². The number of carbonyl (C=O) groups is 1. The molecule has 4 aromatic rings. The Morgan fingerprint density at radius 2 is 2.00 bits per heavy atom. The molecule has 0 spiro atoms. The highest BCUT2D eigenvalue weighted by atomic mass is 16.3. The average Bonchev–Trinajstić information content (AvgIpc) is 3.41. The van der Waals surface area contributed by atoms with Crippen LogP contribution in [-0.2, 0) is 6.54 Å². The summed E-state index contributed by atoms with van der Waals surface area (Å²) >= 11 is 0. The van der Waals surface area contributed by atoms with Gasteiger partial charge in [0.25, 0.3) is 5.91 Å². The van der Waals surface area contributed by atoms with E-state index in [0.29, 0.717) is 23.6 Å². The molecule has 0 bridgehead atoms. The van der Waals surface area contributed by atoms with Crippen molar-refractivity contribution in [3.63, 3.8) is 0 Å². The minimum absolute atomic E-state index is 0.0143. The van der Waals surface area contributed by atoms with E-state index in [-0.39, 0.29) is 11.8 Å². The van der Waals surface area contributed by atoms with E-state index in [4.69, 9.17) is 0 Å². The fourth-order valence-electron chi connectivity index (χ4n) is 3.13. The second-order valence-electron chi connectivity index (χ2n) is 7.17. The van der Waals surface area contributed by atoms with Crippen LogP contribution in [0.3, 0.4) is 0 Å². The lowest BCUT2D eigenvalue weighted by Gasteiger charge is -2.13. The number of aromatic nitrogens is 5. The summed E-state index contributed by atoms with van der Waals surface area (Å²) in [5, 5.41) is 21.5. The number of hydrogen-bond donors (Lipinski definition) is 2. The Labute approximate surface area is 167 Å². The Balaban J connectivity index is 1.55. The Kier molecular flexibility index (Phi) is 5.09. The molecule has 29 heavy (non-hydrogen) atoms. The molecular weight excluding hydrogens is 368 g/mol. The van der Waals surface area contributed by atoms with E-state index in [2.05, 4.69) is 20.5 Å². The van der Waals surface area contributed by atoms with Gasteiger partial charge in [0.05, 0.1) is 17.6 Å². The van der Waals surface area contributed by atoms with E-state index in [1.807, 2.05) is 48.9 Å². The number of fused-ring (bicyclic) bond motifs is 1. The molecule has 8 nitrogen and oxygen atoms in total. The maximum Gasteiger partial charge on any atom is 0.253 e. The van der Waals surface area contributed by atoms with Crippen LogP contribution in [0.15, 0.2) is 61.3 Å². The van der Waals surface area contributed by atoms with Crippen molar-refractivity contribution in [3.05, 3.63) is 78.3 Å². The number of carbonyl (C=O) groups excluding carboxylic acids is 1. The Bertz CT molecular complexity index is 1130. The molecule has 4 rings (SSSR count). The van der Waals surface area contributed by atoms with E-state index in [1.54, 1.807) is 35.3 Å². The van der Waals surface area contributed by atoms with Crippen LogP contribution in [0.5, 0.6) is 0 Å². The monoisotopic (exact) mass is 390 g/mol. The fraction of sp³-hybridized carbons (Fsp3) is 0.238. The van der Waals surface area contributed by atoms with Crippen LogP contribution in [0.1, 0.15) is 41.7 Å². The van der Waals surface area contributed by atoms with Gasteiger partial charge in [-0.15, -0.1) is 10.2 Å². The summed E-state index contributed by atoms with van der Waals surface area (Å²) in [5.74, 6) is 0.195. The van der Waals surface area contributed by atoms with E-state index in [9.17, 15) is 9.90 Å². The molecule has 1 unspecified atom stereocenters. The lowest BCUT2D eigenvalue weighted by molar-refractivity contribution is 0.0949. The smallest absolute Gasteiger partial charge is 0.253 e. The summed E-state index contributed by atoms with van der Waals surface area (Å²) in [4.78, 5) is 16.8. The SMILES string of the molecule is CC(C)C(O)c1nnc2ccc(C(=O)NCc3ccccc3-n3ccnc3)cn12. The first-order valence-corrected chi connectivity index (χ1v) is 9.42. The average molecular weight is 390 g/mol. The van der Waals surface area contributed by atoms with Crippen LogP contribution in [0.4, 0.5) is 0 Å². The lowest BCUT2D eigenvalue weighted by Crippen LogP contribution is -2.24. The highest BCUT2D eigenvalue weighted by molar-refractivity contribution is 5.94. The zero-order valence-electron chi connectivity index (χ0n) is 16.2. The molecule has 0 radical (unpaired) electrons. The number of amides is 1. The molecule has 0 aliphatic rings. The lowest BCUT2D eigenvalue weighted by atomic mass is 10.1. The second-order valence-corrected chi connectivity index (χ2v) is 7.17. The quantitative estimate of drug-likeness (QED) is 0.527. The number of hydrogen-bond acceptors (Lipinski definition) is 5. The molecule has 1 aromatic carbocycles. The first kappa shape index (κ1) is 18.8. The third kappa shape index (κ3) is 3.74. The van der Waals surface area contributed by atoms with Gasteiger partial charge in [-0.2, -0.15) is 0 Å². The molecule has 1 amide bonds. The molecule has 0 fully saturated rings. The summed E-state index contributed by atoms with van der Waals surface area (Å²) in [7, 11) is 0. The van der Waals surface area contributed by atoms with E-state index in [0.717, 1.165) is 11.3 Å². The van der Waals surface area contributed by atoms with Crippen LogP contribution in [0.25, 0.3) is 11.3 Å². The number of imidazole rings is 1. The first-order chi connectivity index (χ1) is 14.0. The predicted molar refractivity (Wildman–Crippen MR) is 108 cm³/mol. The molecule has 0 saturated heterocycles. The van der Waals surface area contributed by atoms with Crippen LogP contribution in [-0.4, -0.2) is 35.2 Å². The zero-order chi connectivity index (χ0) is 20.4. The highest BCUT2D eigenvalue weighted by Crippen LogP contribution is 2.21. The number of nitrogens with one attached hydrogen (secondary N) is 1. The number of rotatable bonds is 6. The number of pyridine rings is 1. The molecule has 3 heterocycles. The van der Waals surface area contributed by atoms with Gasteiger partial charge in [-0.3, -0.25) is 9.20 Å². The Hall–Kier alpha value is -3.52. The first-order valence-electron chi connectivity index (χ1n) is 9.42. The third-order valence-electron chi connectivity index (χ3n) is 4.80. The largest absolute Gasteiger partial charge is 0.385 e. The molecule has 0 aliphatic heterocycles. The number of aliphatic hydroxyl groups is 1. The van der Waals surface area contributed by atoms with Crippen LogP contribution >= 0.6 is 0 Å². The highest BCUT2D eigenvalue weighted by Gasteiger charge is 2.19. The van der Waals surface area contributed by atoms with Gasteiger partial charge in [0, 0.05) is 25.1 Å². The summed E-state index contributed by atoms with van der Waals surface area (Å²) in [6, 6.07) is 11.2. The van der Waals surface area contributed by atoms with Gasteiger partial charge < -0.3 is 15.0 Å².